The molecule has 0 fully saturated rings. The average Bonchev–Trinajstić information content (AvgIpc) is 2.46. The standard InChI is InChI=1S/C7H8S.C2H6/c1-2-4-7-5-3-6-8-7;1-2/h2-6H,1H3;1-2H3/b4-2+;. The van der Waals surface area contributed by atoms with Gasteiger partial charge in [-0.3, -0.25) is 0 Å². The Hall–Kier alpha value is -0.560. The summed E-state index contributed by atoms with van der Waals surface area (Å²) in [5, 5.41) is 2.08. The third-order valence-corrected chi connectivity index (χ3v) is 1.71. The number of hydrogen-bond donors (Lipinski definition) is 0. The van der Waals surface area contributed by atoms with Gasteiger partial charge in [0, 0.05) is 4.88 Å². The minimum atomic E-state index is 1.33. The molecule has 0 aromatic carbocycles. The van der Waals surface area contributed by atoms with E-state index in [4.69, 9.17) is 0 Å². The molecule has 1 heteroatoms. The summed E-state index contributed by atoms with van der Waals surface area (Å²) in [5.41, 5.74) is 0. The van der Waals surface area contributed by atoms with E-state index >= 15 is 0 Å². The maximum Gasteiger partial charge on any atom is 0.0266 e. The SMILES string of the molecule is C/C=C/c1cccs1.CC. The molecule has 1 aromatic rings. The van der Waals surface area contributed by atoms with Crippen LogP contribution in [-0.2, 0) is 0 Å². The Labute approximate surface area is 67.2 Å². The van der Waals surface area contributed by atoms with Crippen LogP contribution >= 0.6 is 11.3 Å². The van der Waals surface area contributed by atoms with Crippen molar-refractivity contribution in [1.29, 1.82) is 0 Å². The summed E-state index contributed by atoms with van der Waals surface area (Å²) < 4.78 is 0. The van der Waals surface area contributed by atoms with E-state index in [1.165, 1.54) is 4.88 Å². The molecule has 0 amide bonds. The van der Waals surface area contributed by atoms with Crippen molar-refractivity contribution in [3.8, 4) is 0 Å². The molecule has 1 heterocycles. The van der Waals surface area contributed by atoms with Crippen molar-refractivity contribution in [2.24, 2.45) is 0 Å². The van der Waals surface area contributed by atoms with Crippen molar-refractivity contribution in [2.45, 2.75) is 20.8 Å². The Kier molecular flexibility index (Phi) is 6.19. The molecular formula is C9H14S. The van der Waals surface area contributed by atoms with Gasteiger partial charge in [-0.2, -0.15) is 0 Å². The predicted octanol–water partition coefficient (Wildman–Crippen LogP) is 3.81. The Balaban J connectivity index is 0.000000371. The van der Waals surface area contributed by atoms with Gasteiger partial charge in [0.05, 0.1) is 0 Å². The van der Waals surface area contributed by atoms with E-state index in [2.05, 4.69) is 23.6 Å². The molecule has 0 spiro atoms. The largest absolute Gasteiger partial charge is 0.144 e. The summed E-state index contributed by atoms with van der Waals surface area (Å²) in [5.74, 6) is 0. The molecule has 0 bridgehead atoms. The summed E-state index contributed by atoms with van der Waals surface area (Å²) in [6.07, 6.45) is 4.15. The topological polar surface area (TPSA) is 0 Å². The third-order valence-electron chi connectivity index (χ3n) is 0.874. The van der Waals surface area contributed by atoms with Gasteiger partial charge in [-0.25, -0.2) is 0 Å². The van der Waals surface area contributed by atoms with Gasteiger partial charge in [-0.05, 0) is 24.4 Å². The first kappa shape index (κ1) is 9.44. The minimum absolute atomic E-state index is 1.33. The smallest absolute Gasteiger partial charge is 0.0266 e. The fourth-order valence-corrected chi connectivity index (χ4v) is 1.24. The second-order valence-corrected chi connectivity index (χ2v) is 2.49. The van der Waals surface area contributed by atoms with E-state index in [-0.39, 0.29) is 0 Å². The van der Waals surface area contributed by atoms with Crippen molar-refractivity contribution in [3.05, 3.63) is 28.5 Å². The first-order chi connectivity index (χ1) is 4.93. The lowest BCUT2D eigenvalue weighted by Crippen LogP contribution is -1.50. The summed E-state index contributed by atoms with van der Waals surface area (Å²) in [7, 11) is 0. The van der Waals surface area contributed by atoms with Crippen molar-refractivity contribution < 1.29 is 0 Å². The van der Waals surface area contributed by atoms with Gasteiger partial charge < -0.3 is 0 Å². The maximum atomic E-state index is 2.10. The number of rotatable bonds is 1. The Morgan fingerprint density at radius 3 is 2.50 bits per heavy atom. The van der Waals surface area contributed by atoms with Crippen LogP contribution in [0.15, 0.2) is 23.6 Å². The molecule has 0 unspecified atom stereocenters. The van der Waals surface area contributed by atoms with Gasteiger partial charge in [0.2, 0.25) is 0 Å². The van der Waals surface area contributed by atoms with Crippen LogP contribution in [0.1, 0.15) is 25.6 Å². The molecule has 0 nitrogen and oxygen atoms in total. The Bertz CT molecular complexity index is 161. The van der Waals surface area contributed by atoms with Gasteiger partial charge in [0.25, 0.3) is 0 Å². The molecule has 0 saturated heterocycles. The minimum Gasteiger partial charge on any atom is -0.144 e. The lowest BCUT2D eigenvalue weighted by molar-refractivity contribution is 1.50. The Morgan fingerprint density at radius 1 is 1.40 bits per heavy atom. The zero-order valence-corrected chi connectivity index (χ0v) is 7.61. The van der Waals surface area contributed by atoms with Crippen LogP contribution < -0.4 is 0 Å². The quantitative estimate of drug-likeness (QED) is 0.577. The monoisotopic (exact) mass is 154 g/mol. The number of hydrogen-bond acceptors (Lipinski definition) is 1. The van der Waals surface area contributed by atoms with E-state index < -0.39 is 0 Å². The fraction of sp³-hybridized carbons (Fsp3) is 0.333. The first-order valence-corrected chi connectivity index (χ1v) is 4.47. The van der Waals surface area contributed by atoms with Crippen molar-refractivity contribution >= 4 is 17.4 Å². The normalized spacial score (nSPS) is 9.10. The lowest BCUT2D eigenvalue weighted by Gasteiger charge is -1.75. The zero-order chi connectivity index (χ0) is 7.82. The molecule has 0 aliphatic heterocycles. The van der Waals surface area contributed by atoms with Gasteiger partial charge >= 0.3 is 0 Å². The summed E-state index contributed by atoms with van der Waals surface area (Å²) in [4.78, 5) is 1.33. The van der Waals surface area contributed by atoms with E-state index in [1.807, 2.05) is 26.8 Å². The summed E-state index contributed by atoms with van der Waals surface area (Å²) in [6.45, 7) is 6.03. The second-order valence-electron chi connectivity index (χ2n) is 1.52. The van der Waals surface area contributed by atoms with Gasteiger partial charge in [-0.15, -0.1) is 11.3 Å². The molecule has 10 heavy (non-hydrogen) atoms. The van der Waals surface area contributed by atoms with Gasteiger partial charge in [-0.1, -0.05) is 26.0 Å². The number of allylic oxidation sites excluding steroid dienone is 1. The van der Waals surface area contributed by atoms with E-state index in [0.717, 1.165) is 0 Å². The molecule has 1 aromatic heterocycles. The zero-order valence-electron chi connectivity index (χ0n) is 6.79. The molecule has 0 N–H and O–H groups in total. The maximum absolute atomic E-state index is 2.10. The number of thiophene rings is 1. The van der Waals surface area contributed by atoms with Crippen molar-refractivity contribution in [3.63, 3.8) is 0 Å². The molecule has 56 valence electrons. The highest BCUT2D eigenvalue weighted by molar-refractivity contribution is 7.10. The molecule has 0 aliphatic rings. The molecular weight excluding hydrogens is 140 g/mol. The summed E-state index contributed by atoms with van der Waals surface area (Å²) in [6, 6.07) is 4.16. The Morgan fingerprint density at radius 2 is 2.10 bits per heavy atom. The van der Waals surface area contributed by atoms with Gasteiger partial charge in [0.1, 0.15) is 0 Å². The van der Waals surface area contributed by atoms with Crippen LogP contribution in [0.25, 0.3) is 6.08 Å². The van der Waals surface area contributed by atoms with Crippen LogP contribution in [0.4, 0.5) is 0 Å². The highest BCUT2D eigenvalue weighted by atomic mass is 32.1. The molecule has 0 radical (unpaired) electrons. The average molecular weight is 154 g/mol. The third kappa shape index (κ3) is 3.46. The highest BCUT2D eigenvalue weighted by Gasteiger charge is 1.80. The molecule has 0 atom stereocenters. The predicted molar refractivity (Wildman–Crippen MR) is 50.4 cm³/mol. The van der Waals surface area contributed by atoms with E-state index in [9.17, 15) is 0 Å². The van der Waals surface area contributed by atoms with Crippen molar-refractivity contribution in [1.82, 2.24) is 0 Å². The first-order valence-electron chi connectivity index (χ1n) is 3.59. The van der Waals surface area contributed by atoms with Crippen LogP contribution in [0.2, 0.25) is 0 Å². The molecule has 0 aliphatic carbocycles. The lowest BCUT2D eigenvalue weighted by atomic mass is 10.4. The summed E-state index contributed by atoms with van der Waals surface area (Å²) >= 11 is 1.76. The van der Waals surface area contributed by atoms with Gasteiger partial charge in [0.15, 0.2) is 0 Å². The van der Waals surface area contributed by atoms with E-state index in [0.29, 0.717) is 0 Å². The molecule has 0 saturated carbocycles. The van der Waals surface area contributed by atoms with E-state index in [1.54, 1.807) is 11.3 Å². The van der Waals surface area contributed by atoms with Crippen LogP contribution in [0.3, 0.4) is 0 Å². The second kappa shape index (κ2) is 6.56. The van der Waals surface area contributed by atoms with Crippen LogP contribution in [0.5, 0.6) is 0 Å². The fourth-order valence-electron chi connectivity index (χ4n) is 0.550. The highest BCUT2D eigenvalue weighted by Crippen LogP contribution is 2.09. The molecule has 1 rings (SSSR count). The van der Waals surface area contributed by atoms with Crippen LogP contribution in [0, 0.1) is 0 Å². The van der Waals surface area contributed by atoms with Crippen molar-refractivity contribution in [2.75, 3.05) is 0 Å². The van der Waals surface area contributed by atoms with Crippen LogP contribution in [-0.4, -0.2) is 0 Å².